The molecule has 21 heavy (non-hydrogen) atoms. The first-order valence-electron chi connectivity index (χ1n) is 6.77. The van der Waals surface area contributed by atoms with Crippen LogP contribution in [0.3, 0.4) is 0 Å². The number of hydrogen-bond acceptors (Lipinski definition) is 3. The number of aromatic nitrogens is 2. The molecule has 1 saturated heterocycles. The van der Waals surface area contributed by atoms with Crippen LogP contribution in [0.4, 0.5) is 0 Å². The molecule has 1 aromatic heterocycles. The molecule has 0 saturated carbocycles. The largest absolute Gasteiger partial charge is 0.379 e. The molecular weight excluding hydrogens is 292 g/mol. The van der Waals surface area contributed by atoms with Crippen LogP contribution in [0, 0.1) is 6.92 Å². The quantitative estimate of drug-likeness (QED) is 0.865. The molecule has 0 spiro atoms. The van der Waals surface area contributed by atoms with Gasteiger partial charge in [0, 0.05) is 6.61 Å². The fourth-order valence-corrected chi connectivity index (χ4v) is 2.93. The summed E-state index contributed by atoms with van der Waals surface area (Å²) >= 11 is 6.12. The molecular formula is C15H15ClN2O3. The van der Waals surface area contributed by atoms with Gasteiger partial charge in [-0.3, -0.25) is 14.3 Å². The van der Waals surface area contributed by atoms with Crippen molar-refractivity contribution in [1.29, 1.82) is 0 Å². The predicted octanol–water partition coefficient (Wildman–Crippen LogP) is 2.13. The average molecular weight is 307 g/mol. The Bertz CT molecular complexity index is 788. The maximum atomic E-state index is 12.8. The number of hydrogen-bond donors (Lipinski definition) is 1. The molecule has 1 unspecified atom stereocenters. The van der Waals surface area contributed by atoms with Crippen LogP contribution in [-0.2, 0) is 4.74 Å². The van der Waals surface area contributed by atoms with Crippen LogP contribution in [0.15, 0.2) is 33.9 Å². The van der Waals surface area contributed by atoms with Crippen LogP contribution in [0.1, 0.15) is 18.0 Å². The summed E-state index contributed by atoms with van der Waals surface area (Å²) in [5, 5.41) is 0.0782. The molecule has 3 rings (SSSR count). The van der Waals surface area contributed by atoms with E-state index in [0.29, 0.717) is 25.2 Å². The van der Waals surface area contributed by atoms with Crippen LogP contribution >= 0.6 is 11.6 Å². The summed E-state index contributed by atoms with van der Waals surface area (Å²) in [6.45, 7) is 2.83. The van der Waals surface area contributed by atoms with Gasteiger partial charge in [-0.1, -0.05) is 35.9 Å². The zero-order chi connectivity index (χ0) is 15.0. The van der Waals surface area contributed by atoms with Gasteiger partial charge in [-0.25, -0.2) is 4.79 Å². The van der Waals surface area contributed by atoms with Crippen molar-refractivity contribution in [3.63, 3.8) is 0 Å². The van der Waals surface area contributed by atoms with Gasteiger partial charge in [0.2, 0.25) is 0 Å². The van der Waals surface area contributed by atoms with E-state index < -0.39 is 5.69 Å². The number of aromatic amines is 1. The van der Waals surface area contributed by atoms with Crippen molar-refractivity contribution in [1.82, 2.24) is 9.55 Å². The van der Waals surface area contributed by atoms with Gasteiger partial charge in [-0.2, -0.15) is 0 Å². The summed E-state index contributed by atoms with van der Waals surface area (Å²) in [4.78, 5) is 27.4. The molecule has 1 fully saturated rings. The normalized spacial score (nSPS) is 18.1. The fourth-order valence-electron chi connectivity index (χ4n) is 2.67. The highest BCUT2D eigenvalue weighted by Crippen LogP contribution is 2.25. The van der Waals surface area contributed by atoms with Crippen molar-refractivity contribution in [2.75, 3.05) is 13.2 Å². The minimum absolute atomic E-state index is 0.0782. The number of H-pyrrole nitrogens is 1. The summed E-state index contributed by atoms with van der Waals surface area (Å²) in [5.41, 5.74) is 1.14. The third-order valence-electron chi connectivity index (χ3n) is 3.77. The Morgan fingerprint density at radius 2 is 2.10 bits per heavy atom. The topological polar surface area (TPSA) is 64.1 Å². The van der Waals surface area contributed by atoms with Gasteiger partial charge in [0.15, 0.2) is 0 Å². The lowest BCUT2D eigenvalue weighted by Crippen LogP contribution is -2.39. The SMILES string of the molecule is Cc1ccccc1-c1c(Cl)[nH]c(=O)n(C2CCOC2)c1=O. The first-order valence-corrected chi connectivity index (χ1v) is 7.15. The van der Waals surface area contributed by atoms with Gasteiger partial charge in [0.05, 0.1) is 18.2 Å². The predicted molar refractivity (Wildman–Crippen MR) is 81.0 cm³/mol. The third kappa shape index (κ3) is 2.43. The first kappa shape index (κ1) is 14.1. The van der Waals surface area contributed by atoms with Crippen LogP contribution in [0.5, 0.6) is 0 Å². The number of halogens is 1. The van der Waals surface area contributed by atoms with E-state index in [9.17, 15) is 9.59 Å². The van der Waals surface area contributed by atoms with Crippen molar-refractivity contribution in [2.24, 2.45) is 0 Å². The molecule has 1 aliphatic rings. The highest BCUT2D eigenvalue weighted by Gasteiger charge is 2.24. The first-order chi connectivity index (χ1) is 10.1. The van der Waals surface area contributed by atoms with Crippen LogP contribution < -0.4 is 11.2 Å². The minimum Gasteiger partial charge on any atom is -0.379 e. The molecule has 5 nitrogen and oxygen atoms in total. The van der Waals surface area contributed by atoms with E-state index >= 15 is 0 Å². The number of nitrogens with zero attached hydrogens (tertiary/aromatic N) is 1. The zero-order valence-corrected chi connectivity index (χ0v) is 12.3. The van der Waals surface area contributed by atoms with Gasteiger partial charge in [-0.05, 0) is 24.5 Å². The lowest BCUT2D eigenvalue weighted by atomic mass is 10.0. The van der Waals surface area contributed by atoms with Gasteiger partial charge >= 0.3 is 5.69 Å². The van der Waals surface area contributed by atoms with Gasteiger partial charge < -0.3 is 4.74 Å². The molecule has 0 radical (unpaired) electrons. The maximum absolute atomic E-state index is 12.8. The minimum atomic E-state index is -0.488. The molecule has 1 N–H and O–H groups in total. The fraction of sp³-hybridized carbons (Fsp3) is 0.333. The number of benzene rings is 1. The Morgan fingerprint density at radius 3 is 2.76 bits per heavy atom. The summed E-state index contributed by atoms with van der Waals surface area (Å²) in [5.74, 6) is 0. The van der Waals surface area contributed by atoms with E-state index in [-0.39, 0.29) is 16.8 Å². The number of nitrogens with one attached hydrogen (secondary N) is 1. The van der Waals surface area contributed by atoms with Crippen LogP contribution in [0.25, 0.3) is 11.1 Å². The second kappa shape index (κ2) is 5.50. The van der Waals surface area contributed by atoms with Crippen molar-refractivity contribution < 1.29 is 4.74 Å². The molecule has 0 aliphatic carbocycles. The van der Waals surface area contributed by atoms with E-state index in [1.807, 2.05) is 31.2 Å². The number of aryl methyl sites for hydroxylation is 1. The summed E-state index contributed by atoms with van der Waals surface area (Å²) in [7, 11) is 0. The second-order valence-electron chi connectivity index (χ2n) is 5.13. The second-order valence-corrected chi connectivity index (χ2v) is 5.50. The van der Waals surface area contributed by atoms with E-state index in [1.165, 1.54) is 4.57 Å². The van der Waals surface area contributed by atoms with E-state index in [1.54, 1.807) is 0 Å². The average Bonchev–Trinajstić information content (AvgIpc) is 2.94. The monoisotopic (exact) mass is 306 g/mol. The van der Waals surface area contributed by atoms with E-state index in [4.69, 9.17) is 16.3 Å². The Labute approximate surface area is 126 Å². The Morgan fingerprint density at radius 1 is 1.33 bits per heavy atom. The standard InChI is InChI=1S/C15H15ClN2O3/c1-9-4-2-3-5-11(9)12-13(16)17-15(20)18(14(12)19)10-6-7-21-8-10/h2-5,10H,6-8H2,1H3,(H,17,20). The summed E-state index contributed by atoms with van der Waals surface area (Å²) in [6, 6.07) is 7.22. The zero-order valence-electron chi connectivity index (χ0n) is 11.6. The van der Waals surface area contributed by atoms with Gasteiger partial charge in [0.25, 0.3) is 5.56 Å². The van der Waals surface area contributed by atoms with Gasteiger partial charge in [-0.15, -0.1) is 0 Å². The lowest BCUT2D eigenvalue weighted by Gasteiger charge is -2.14. The van der Waals surface area contributed by atoms with Crippen molar-refractivity contribution in [3.05, 3.63) is 55.8 Å². The van der Waals surface area contributed by atoms with Crippen molar-refractivity contribution >= 4 is 11.6 Å². The molecule has 6 heteroatoms. The van der Waals surface area contributed by atoms with E-state index in [0.717, 1.165) is 11.1 Å². The highest BCUT2D eigenvalue weighted by atomic mass is 35.5. The third-order valence-corrected chi connectivity index (χ3v) is 4.06. The molecule has 1 aliphatic heterocycles. The van der Waals surface area contributed by atoms with Crippen molar-refractivity contribution in [2.45, 2.75) is 19.4 Å². The van der Waals surface area contributed by atoms with Crippen LogP contribution in [0.2, 0.25) is 5.15 Å². The van der Waals surface area contributed by atoms with Crippen molar-refractivity contribution in [3.8, 4) is 11.1 Å². The van der Waals surface area contributed by atoms with Gasteiger partial charge in [0.1, 0.15) is 5.15 Å². The maximum Gasteiger partial charge on any atom is 0.329 e. The molecule has 1 atom stereocenters. The van der Waals surface area contributed by atoms with E-state index in [2.05, 4.69) is 4.98 Å². The molecule has 2 heterocycles. The number of ether oxygens (including phenoxy) is 1. The Balaban J connectivity index is 2.27. The summed E-state index contributed by atoms with van der Waals surface area (Å²) < 4.78 is 6.50. The highest BCUT2D eigenvalue weighted by molar-refractivity contribution is 6.32. The molecule has 110 valence electrons. The molecule has 2 aromatic rings. The lowest BCUT2D eigenvalue weighted by molar-refractivity contribution is 0.185. The smallest absolute Gasteiger partial charge is 0.329 e. The Hall–Kier alpha value is -1.85. The Kier molecular flexibility index (Phi) is 3.69. The summed E-state index contributed by atoms with van der Waals surface area (Å²) in [6.07, 6.45) is 0.651. The number of rotatable bonds is 2. The van der Waals surface area contributed by atoms with Crippen LogP contribution in [-0.4, -0.2) is 22.8 Å². The molecule has 1 aromatic carbocycles. The molecule has 0 amide bonds. The molecule has 0 bridgehead atoms.